The van der Waals surface area contributed by atoms with Gasteiger partial charge in [-0.2, -0.15) is 0 Å². The van der Waals surface area contributed by atoms with E-state index in [0.717, 1.165) is 18.2 Å². The number of rotatable bonds is 32. The standard InChI is InChI=1S/C48H85NO12/c1-20-36(50)58-40(5,6)24-28-54-43(11,12)32-48(33-44(13,14)55-29-25-41(7,8)59-37(51)21-2,34-45(15,16)56-30-26-42(9,10)60-38(52)22-3)35-46(17,18)57-31-27-47(19,49)61-39(53)23-4/h20-21,23H,1-2,4,22,24-35,49H2,3,5-19H3. The van der Waals surface area contributed by atoms with E-state index in [9.17, 15) is 19.2 Å². The summed E-state index contributed by atoms with van der Waals surface area (Å²) in [6, 6.07) is 0. The molecule has 61 heavy (non-hydrogen) atoms. The van der Waals surface area contributed by atoms with Gasteiger partial charge in [0.25, 0.3) is 0 Å². The topological polar surface area (TPSA) is 168 Å². The minimum atomic E-state index is -1.28. The number of carbonyl (C=O) groups is 4. The van der Waals surface area contributed by atoms with E-state index in [2.05, 4.69) is 61.3 Å². The molecule has 1 atom stereocenters. The van der Waals surface area contributed by atoms with Crippen molar-refractivity contribution in [2.75, 3.05) is 26.4 Å². The fourth-order valence-corrected chi connectivity index (χ4v) is 7.92. The average molecular weight is 868 g/mol. The molecule has 0 fully saturated rings. The molecule has 0 amide bonds. The molecule has 0 radical (unpaired) electrons. The smallest absolute Gasteiger partial charge is 0.331 e. The molecule has 0 saturated heterocycles. The van der Waals surface area contributed by atoms with Crippen LogP contribution in [-0.4, -0.2) is 95.2 Å². The van der Waals surface area contributed by atoms with Crippen molar-refractivity contribution in [2.24, 2.45) is 11.1 Å². The third kappa shape index (κ3) is 26.2. The highest BCUT2D eigenvalue weighted by molar-refractivity contribution is 5.82. The number of hydrogen-bond donors (Lipinski definition) is 1. The largest absolute Gasteiger partial charge is 0.460 e. The lowest BCUT2D eigenvalue weighted by Crippen LogP contribution is -2.49. The highest BCUT2D eigenvalue weighted by Crippen LogP contribution is 2.51. The van der Waals surface area contributed by atoms with E-state index in [4.69, 9.17) is 43.6 Å². The highest BCUT2D eigenvalue weighted by atomic mass is 16.6. The molecule has 0 aromatic rings. The quantitative estimate of drug-likeness (QED) is 0.0294. The Morgan fingerprint density at radius 3 is 0.967 bits per heavy atom. The van der Waals surface area contributed by atoms with Gasteiger partial charge in [-0.05, 0) is 135 Å². The normalized spacial score (nSPS) is 14.4. The molecule has 2 N–H and O–H groups in total. The molecule has 0 spiro atoms. The van der Waals surface area contributed by atoms with Crippen molar-refractivity contribution in [1.29, 1.82) is 0 Å². The van der Waals surface area contributed by atoms with Gasteiger partial charge < -0.3 is 37.9 Å². The first kappa shape index (κ1) is 57.9. The molecule has 13 heteroatoms. The number of esters is 4. The maximum absolute atomic E-state index is 12.2. The van der Waals surface area contributed by atoms with E-state index in [1.165, 1.54) is 0 Å². The summed E-state index contributed by atoms with van der Waals surface area (Å²) >= 11 is 0. The third-order valence-corrected chi connectivity index (χ3v) is 10.2. The van der Waals surface area contributed by atoms with Gasteiger partial charge in [-0.15, -0.1) is 0 Å². The van der Waals surface area contributed by atoms with Gasteiger partial charge in [0.1, 0.15) is 16.8 Å². The molecular weight excluding hydrogens is 783 g/mol. The molecule has 0 aliphatic rings. The summed E-state index contributed by atoms with van der Waals surface area (Å²) < 4.78 is 48.9. The number of carbonyl (C=O) groups excluding carboxylic acids is 4. The lowest BCUT2D eigenvalue weighted by Gasteiger charge is -2.50. The number of nitrogens with two attached hydrogens (primary N) is 1. The van der Waals surface area contributed by atoms with Gasteiger partial charge in [-0.3, -0.25) is 10.5 Å². The highest BCUT2D eigenvalue weighted by Gasteiger charge is 2.48. The van der Waals surface area contributed by atoms with Crippen LogP contribution in [-0.2, 0) is 57.1 Å². The first-order chi connectivity index (χ1) is 27.5. The monoisotopic (exact) mass is 868 g/mol. The third-order valence-electron chi connectivity index (χ3n) is 10.2. The van der Waals surface area contributed by atoms with E-state index in [1.807, 2.05) is 55.4 Å². The molecule has 0 aromatic heterocycles. The lowest BCUT2D eigenvalue weighted by atomic mass is 9.62. The molecule has 13 nitrogen and oxygen atoms in total. The molecular formula is C48H85NO12. The van der Waals surface area contributed by atoms with Crippen LogP contribution in [0.3, 0.4) is 0 Å². The minimum Gasteiger partial charge on any atom is -0.460 e. The summed E-state index contributed by atoms with van der Waals surface area (Å²) in [4.78, 5) is 48.2. The summed E-state index contributed by atoms with van der Waals surface area (Å²) in [6.45, 7) is 42.5. The van der Waals surface area contributed by atoms with E-state index >= 15 is 0 Å². The summed E-state index contributed by atoms with van der Waals surface area (Å²) in [7, 11) is 0. The van der Waals surface area contributed by atoms with Crippen molar-refractivity contribution in [2.45, 2.75) is 213 Å². The second-order valence-electron chi connectivity index (χ2n) is 20.9. The average Bonchev–Trinajstić information content (AvgIpc) is 3.04. The van der Waals surface area contributed by atoms with Crippen LogP contribution in [0.15, 0.2) is 38.0 Å². The van der Waals surface area contributed by atoms with Crippen molar-refractivity contribution in [3.8, 4) is 0 Å². The Morgan fingerprint density at radius 2 is 0.689 bits per heavy atom. The van der Waals surface area contributed by atoms with E-state index < -0.39 is 68.3 Å². The zero-order chi connectivity index (χ0) is 47.8. The molecule has 0 aromatic carbocycles. The zero-order valence-electron chi connectivity index (χ0n) is 41.0. The van der Waals surface area contributed by atoms with Crippen molar-refractivity contribution >= 4 is 23.9 Å². The van der Waals surface area contributed by atoms with Gasteiger partial charge in [0, 0.05) is 50.3 Å². The molecule has 0 saturated carbocycles. The summed E-state index contributed by atoms with van der Waals surface area (Å²) in [6.07, 6.45) is 7.38. The molecule has 0 rings (SSSR count). The Morgan fingerprint density at radius 1 is 0.426 bits per heavy atom. The number of ether oxygens (including phenoxy) is 8. The van der Waals surface area contributed by atoms with E-state index in [0.29, 0.717) is 64.8 Å². The Labute approximate surface area is 369 Å². The fraction of sp³-hybridized carbons (Fsp3) is 0.792. The molecule has 0 bridgehead atoms. The van der Waals surface area contributed by atoms with E-state index in [-0.39, 0.29) is 25.4 Å². The molecule has 0 aliphatic carbocycles. The van der Waals surface area contributed by atoms with Crippen LogP contribution in [0.25, 0.3) is 0 Å². The molecule has 0 aliphatic heterocycles. The van der Waals surface area contributed by atoms with Crippen molar-refractivity contribution < 1.29 is 57.1 Å². The van der Waals surface area contributed by atoms with Crippen LogP contribution in [0.4, 0.5) is 0 Å². The van der Waals surface area contributed by atoms with Crippen molar-refractivity contribution in [1.82, 2.24) is 0 Å². The zero-order valence-corrected chi connectivity index (χ0v) is 41.0. The fourth-order valence-electron chi connectivity index (χ4n) is 7.92. The first-order valence-corrected chi connectivity index (χ1v) is 21.6. The maximum Gasteiger partial charge on any atom is 0.331 e. The minimum absolute atomic E-state index is 0.197. The molecule has 1 unspecified atom stereocenters. The van der Waals surface area contributed by atoms with Crippen LogP contribution in [0.5, 0.6) is 0 Å². The Hall–Kier alpha value is -3.10. The Bertz CT molecular complexity index is 1320. The first-order valence-electron chi connectivity index (χ1n) is 21.6. The predicted molar refractivity (Wildman–Crippen MR) is 240 cm³/mol. The van der Waals surface area contributed by atoms with Gasteiger partial charge in [0.15, 0.2) is 5.72 Å². The summed E-state index contributed by atoms with van der Waals surface area (Å²) in [5, 5.41) is 0. The predicted octanol–water partition coefficient (Wildman–Crippen LogP) is 9.43. The molecule has 0 heterocycles. The van der Waals surface area contributed by atoms with Gasteiger partial charge in [0.05, 0.1) is 48.8 Å². The van der Waals surface area contributed by atoms with Crippen LogP contribution in [0.2, 0.25) is 0 Å². The SMILES string of the molecule is C=CC(=O)OC(C)(C)CCOC(C)(C)CC(CC(C)(C)OCCC(C)(C)OC(=O)C=C)(CC(C)(C)OCCC(C)(C)OC(=O)CC)CC(C)(C)OCCC(C)(N)OC(=O)C=C. The van der Waals surface area contributed by atoms with Crippen LogP contribution in [0, 0.1) is 5.41 Å². The Kier molecular flexibility index (Phi) is 22.3. The van der Waals surface area contributed by atoms with E-state index in [1.54, 1.807) is 13.8 Å². The second-order valence-corrected chi connectivity index (χ2v) is 20.9. The van der Waals surface area contributed by atoms with Crippen molar-refractivity contribution in [3.63, 3.8) is 0 Å². The maximum atomic E-state index is 12.2. The van der Waals surface area contributed by atoms with Gasteiger partial charge in [-0.1, -0.05) is 26.7 Å². The summed E-state index contributed by atoms with van der Waals surface area (Å²) in [5.74, 6) is -1.89. The molecule has 354 valence electrons. The van der Waals surface area contributed by atoms with Crippen molar-refractivity contribution in [3.05, 3.63) is 38.0 Å². The van der Waals surface area contributed by atoms with Crippen LogP contribution < -0.4 is 5.73 Å². The van der Waals surface area contributed by atoms with Gasteiger partial charge in [0.2, 0.25) is 0 Å². The number of hydrogen-bond acceptors (Lipinski definition) is 13. The van der Waals surface area contributed by atoms with Crippen LogP contribution >= 0.6 is 0 Å². The second kappa shape index (κ2) is 23.5. The van der Waals surface area contributed by atoms with Gasteiger partial charge in [-0.25, -0.2) is 14.4 Å². The van der Waals surface area contributed by atoms with Gasteiger partial charge >= 0.3 is 23.9 Å². The van der Waals surface area contributed by atoms with Crippen LogP contribution in [0.1, 0.15) is 169 Å². The Balaban J connectivity index is 7.09. The summed E-state index contributed by atoms with van der Waals surface area (Å²) in [5.41, 5.74) is -0.735. The lowest BCUT2D eigenvalue weighted by molar-refractivity contribution is -0.162.